The summed E-state index contributed by atoms with van der Waals surface area (Å²) in [5, 5.41) is 1.91. The molecular weight excluding hydrogens is 420 g/mol. The molecule has 0 saturated heterocycles. The Balaban J connectivity index is 1.60. The monoisotopic (exact) mass is 444 g/mol. The van der Waals surface area contributed by atoms with Crippen LogP contribution in [0.1, 0.15) is 24.5 Å². The third kappa shape index (κ3) is 4.15. The third-order valence-electron chi connectivity index (χ3n) is 5.35. The first-order valence-electron chi connectivity index (χ1n) is 9.89. The molecule has 4 rings (SSSR count). The van der Waals surface area contributed by atoms with Crippen molar-refractivity contribution in [1.82, 2.24) is 0 Å². The molecule has 3 aromatic rings. The molecule has 158 valence electrons. The Morgan fingerprint density at radius 2 is 1.73 bits per heavy atom. The molecule has 0 radical (unpaired) electrons. The first-order chi connectivity index (χ1) is 14.3. The molecule has 1 aliphatic rings. The van der Waals surface area contributed by atoms with E-state index in [1.54, 1.807) is 25.1 Å². The average molecular weight is 445 g/mol. The maximum absolute atomic E-state index is 12.8. The molecule has 0 amide bonds. The summed E-state index contributed by atoms with van der Waals surface area (Å²) in [6.07, 6.45) is 1.42. The quantitative estimate of drug-likeness (QED) is 0.625. The van der Waals surface area contributed by atoms with Crippen LogP contribution in [0.4, 0.5) is 11.4 Å². The van der Waals surface area contributed by atoms with E-state index in [0.717, 1.165) is 21.9 Å². The molecule has 0 unspecified atom stereocenters. The maximum atomic E-state index is 12.8. The highest BCUT2D eigenvalue weighted by molar-refractivity contribution is 7.92. The van der Waals surface area contributed by atoms with Crippen molar-refractivity contribution in [2.24, 2.45) is 0 Å². The van der Waals surface area contributed by atoms with Gasteiger partial charge in [0.05, 0.1) is 17.2 Å². The molecule has 6 nitrogen and oxygen atoms in total. The molecule has 0 aliphatic carbocycles. The predicted octanol–water partition coefficient (Wildman–Crippen LogP) is 3.88. The van der Waals surface area contributed by atoms with Crippen LogP contribution in [0.2, 0.25) is 0 Å². The van der Waals surface area contributed by atoms with E-state index in [1.165, 1.54) is 4.31 Å². The maximum Gasteiger partial charge on any atom is 0.236 e. The van der Waals surface area contributed by atoms with Gasteiger partial charge in [0, 0.05) is 12.2 Å². The Morgan fingerprint density at radius 3 is 2.53 bits per heavy atom. The van der Waals surface area contributed by atoms with Crippen LogP contribution in [0, 0.1) is 0 Å². The molecule has 0 fully saturated rings. The Hall–Kier alpha value is -2.58. The van der Waals surface area contributed by atoms with Gasteiger partial charge in [-0.15, -0.1) is 0 Å². The molecule has 1 aliphatic heterocycles. The fraction of sp³-hybridized carbons (Fsp3) is 0.273. The lowest BCUT2D eigenvalue weighted by molar-refractivity contribution is 0.587. The van der Waals surface area contributed by atoms with Gasteiger partial charge in [0.25, 0.3) is 0 Å². The van der Waals surface area contributed by atoms with E-state index in [-0.39, 0.29) is 11.5 Å². The molecular formula is C22H24N2O4S2. The first kappa shape index (κ1) is 20.7. The molecule has 0 bridgehead atoms. The van der Waals surface area contributed by atoms with Gasteiger partial charge in [0.15, 0.2) is 0 Å². The predicted molar refractivity (Wildman–Crippen MR) is 122 cm³/mol. The van der Waals surface area contributed by atoms with Gasteiger partial charge in [0.2, 0.25) is 20.0 Å². The van der Waals surface area contributed by atoms with Crippen LogP contribution in [0.3, 0.4) is 0 Å². The van der Waals surface area contributed by atoms with E-state index < -0.39 is 20.0 Å². The fourth-order valence-electron chi connectivity index (χ4n) is 3.91. The third-order valence-corrected chi connectivity index (χ3v) is 8.37. The lowest BCUT2D eigenvalue weighted by Crippen LogP contribution is -2.36. The lowest BCUT2D eigenvalue weighted by atomic mass is 10.0. The summed E-state index contributed by atoms with van der Waals surface area (Å²) in [6, 6.07) is 18.4. The van der Waals surface area contributed by atoms with Gasteiger partial charge in [0.1, 0.15) is 0 Å². The molecule has 1 N–H and O–H groups in total. The van der Waals surface area contributed by atoms with Crippen LogP contribution >= 0.6 is 0 Å². The van der Waals surface area contributed by atoms with Crippen LogP contribution in [-0.4, -0.2) is 29.1 Å². The van der Waals surface area contributed by atoms with Gasteiger partial charge in [-0.05, 0) is 59.9 Å². The number of nitrogens with one attached hydrogen (secondary N) is 1. The molecule has 30 heavy (non-hydrogen) atoms. The van der Waals surface area contributed by atoms with Crippen LogP contribution in [0.25, 0.3) is 10.8 Å². The van der Waals surface area contributed by atoms with Crippen molar-refractivity contribution in [2.45, 2.75) is 25.5 Å². The zero-order chi connectivity index (χ0) is 21.4. The molecule has 3 aromatic carbocycles. The summed E-state index contributed by atoms with van der Waals surface area (Å²) in [6.45, 7) is 2.08. The standard InChI is InChI=1S/C22H24N2O4S2/c1-2-30(27,28)24-14-6-10-18-15-20(12-13-22(18)24)23-29(25,26)16-19-9-5-8-17-7-3-4-11-21(17)19/h3-5,7-9,11-13,15,23H,2,6,10,14,16H2,1H3. The molecule has 8 heteroatoms. The lowest BCUT2D eigenvalue weighted by Gasteiger charge is -2.30. The topological polar surface area (TPSA) is 83.6 Å². The number of anilines is 2. The Labute approximate surface area is 177 Å². The molecule has 0 spiro atoms. The smallest absolute Gasteiger partial charge is 0.236 e. The van der Waals surface area contributed by atoms with Crippen LogP contribution in [-0.2, 0) is 32.2 Å². The van der Waals surface area contributed by atoms with E-state index in [4.69, 9.17) is 0 Å². The summed E-state index contributed by atoms with van der Waals surface area (Å²) < 4.78 is 54.5. The van der Waals surface area contributed by atoms with Crippen LogP contribution in [0.15, 0.2) is 60.7 Å². The minimum absolute atomic E-state index is 0.0336. The number of aryl methyl sites for hydroxylation is 1. The highest BCUT2D eigenvalue weighted by atomic mass is 32.2. The average Bonchev–Trinajstić information content (AvgIpc) is 2.73. The van der Waals surface area contributed by atoms with Gasteiger partial charge in [-0.3, -0.25) is 9.03 Å². The first-order valence-corrected chi connectivity index (χ1v) is 13.2. The molecule has 1 heterocycles. The zero-order valence-corrected chi connectivity index (χ0v) is 18.3. The van der Waals surface area contributed by atoms with Crippen molar-refractivity contribution >= 4 is 42.2 Å². The van der Waals surface area contributed by atoms with Gasteiger partial charge in [-0.1, -0.05) is 42.5 Å². The number of hydrogen-bond acceptors (Lipinski definition) is 4. The SMILES string of the molecule is CCS(=O)(=O)N1CCCc2cc(NS(=O)(=O)Cc3cccc4ccccc34)ccc21. The summed E-state index contributed by atoms with van der Waals surface area (Å²) in [4.78, 5) is 0. The molecule has 0 aromatic heterocycles. The Morgan fingerprint density at radius 1 is 0.967 bits per heavy atom. The van der Waals surface area contributed by atoms with Gasteiger partial charge < -0.3 is 0 Å². The number of nitrogens with zero attached hydrogens (tertiary/aromatic N) is 1. The second kappa shape index (κ2) is 7.92. The fourth-order valence-corrected chi connectivity index (χ4v) is 6.33. The normalized spacial score (nSPS) is 14.5. The van der Waals surface area contributed by atoms with Gasteiger partial charge in [-0.2, -0.15) is 0 Å². The van der Waals surface area contributed by atoms with E-state index in [2.05, 4.69) is 4.72 Å². The number of rotatable bonds is 6. The largest absolute Gasteiger partial charge is 0.283 e. The van der Waals surface area contributed by atoms with Crippen LogP contribution in [0.5, 0.6) is 0 Å². The minimum atomic E-state index is -3.63. The van der Waals surface area contributed by atoms with Gasteiger partial charge >= 0.3 is 0 Å². The summed E-state index contributed by atoms with van der Waals surface area (Å²) in [5.41, 5.74) is 2.66. The van der Waals surface area contributed by atoms with Crippen molar-refractivity contribution in [2.75, 3.05) is 21.3 Å². The van der Waals surface area contributed by atoms with Crippen molar-refractivity contribution < 1.29 is 16.8 Å². The summed E-state index contributed by atoms with van der Waals surface area (Å²) in [7, 11) is -6.98. The van der Waals surface area contributed by atoms with E-state index in [9.17, 15) is 16.8 Å². The zero-order valence-electron chi connectivity index (χ0n) is 16.7. The Kier molecular flexibility index (Phi) is 5.46. The number of sulfonamides is 2. The number of fused-ring (bicyclic) bond motifs is 2. The van der Waals surface area contributed by atoms with E-state index in [0.29, 0.717) is 30.8 Å². The number of hydrogen-bond donors (Lipinski definition) is 1. The number of benzene rings is 3. The Bertz CT molecular complexity index is 1300. The van der Waals surface area contributed by atoms with Gasteiger partial charge in [-0.25, -0.2) is 16.8 Å². The summed E-state index contributed by atoms with van der Waals surface area (Å²) in [5.74, 6) is -0.104. The summed E-state index contributed by atoms with van der Waals surface area (Å²) >= 11 is 0. The van der Waals surface area contributed by atoms with Crippen LogP contribution < -0.4 is 9.03 Å². The minimum Gasteiger partial charge on any atom is -0.283 e. The van der Waals surface area contributed by atoms with Crippen molar-refractivity contribution in [1.29, 1.82) is 0 Å². The second-order valence-electron chi connectivity index (χ2n) is 7.42. The molecule has 0 atom stereocenters. The van der Waals surface area contributed by atoms with Crippen molar-refractivity contribution in [3.8, 4) is 0 Å². The van der Waals surface area contributed by atoms with Crippen molar-refractivity contribution in [3.63, 3.8) is 0 Å². The van der Waals surface area contributed by atoms with E-state index >= 15 is 0 Å². The highest BCUT2D eigenvalue weighted by Crippen LogP contribution is 2.32. The second-order valence-corrected chi connectivity index (χ2v) is 11.3. The highest BCUT2D eigenvalue weighted by Gasteiger charge is 2.26. The molecule has 0 saturated carbocycles. The van der Waals surface area contributed by atoms with Crippen molar-refractivity contribution in [3.05, 3.63) is 71.8 Å². The van der Waals surface area contributed by atoms with E-state index in [1.807, 2.05) is 42.5 Å².